The van der Waals surface area contributed by atoms with E-state index in [-0.39, 0.29) is 0 Å². The van der Waals surface area contributed by atoms with Crippen molar-refractivity contribution in [1.29, 1.82) is 0 Å². The molecule has 122 valence electrons. The van der Waals surface area contributed by atoms with Crippen LogP contribution >= 0.6 is 11.6 Å². The zero-order chi connectivity index (χ0) is 16.0. The van der Waals surface area contributed by atoms with Gasteiger partial charge in [-0.1, -0.05) is 63.3 Å². The SMILES string of the molecule is CCCCCCCN(CC)CC#COCc1ccc(Cl)cc1. The van der Waals surface area contributed by atoms with Gasteiger partial charge < -0.3 is 4.74 Å². The minimum atomic E-state index is 0.507. The van der Waals surface area contributed by atoms with E-state index in [9.17, 15) is 0 Å². The number of hydrogen-bond acceptors (Lipinski definition) is 2. The fourth-order valence-electron chi connectivity index (χ4n) is 2.18. The lowest BCUT2D eigenvalue weighted by Gasteiger charge is -2.16. The van der Waals surface area contributed by atoms with Gasteiger partial charge in [-0.25, -0.2) is 0 Å². The Morgan fingerprint density at radius 1 is 1.05 bits per heavy atom. The number of halogens is 1. The maximum Gasteiger partial charge on any atom is 0.125 e. The van der Waals surface area contributed by atoms with Gasteiger partial charge in [-0.2, -0.15) is 0 Å². The predicted octanol–water partition coefficient (Wildman–Crippen LogP) is 5.11. The first-order valence-electron chi connectivity index (χ1n) is 8.32. The molecule has 0 saturated heterocycles. The van der Waals surface area contributed by atoms with Gasteiger partial charge in [0.1, 0.15) is 12.7 Å². The number of benzene rings is 1. The Balaban J connectivity index is 2.16. The van der Waals surface area contributed by atoms with Crippen LogP contribution in [0.2, 0.25) is 5.02 Å². The fraction of sp³-hybridized carbons (Fsp3) is 0.579. The molecule has 0 aromatic heterocycles. The Morgan fingerprint density at radius 2 is 1.77 bits per heavy atom. The Labute approximate surface area is 140 Å². The smallest absolute Gasteiger partial charge is 0.125 e. The van der Waals surface area contributed by atoms with Gasteiger partial charge in [-0.05, 0) is 43.1 Å². The van der Waals surface area contributed by atoms with E-state index in [1.165, 1.54) is 32.1 Å². The van der Waals surface area contributed by atoms with Crippen LogP contribution in [0.25, 0.3) is 0 Å². The highest BCUT2D eigenvalue weighted by molar-refractivity contribution is 6.30. The quantitative estimate of drug-likeness (QED) is 0.438. The summed E-state index contributed by atoms with van der Waals surface area (Å²) in [6.45, 7) is 7.89. The van der Waals surface area contributed by atoms with Gasteiger partial charge in [0.05, 0.1) is 6.54 Å². The lowest BCUT2D eigenvalue weighted by Crippen LogP contribution is -2.24. The van der Waals surface area contributed by atoms with Gasteiger partial charge in [0.2, 0.25) is 0 Å². The Morgan fingerprint density at radius 3 is 2.45 bits per heavy atom. The number of rotatable bonds is 10. The van der Waals surface area contributed by atoms with Crippen molar-refractivity contribution in [2.24, 2.45) is 0 Å². The highest BCUT2D eigenvalue weighted by Crippen LogP contribution is 2.09. The molecule has 1 aromatic rings. The summed E-state index contributed by atoms with van der Waals surface area (Å²) in [7, 11) is 0. The topological polar surface area (TPSA) is 12.5 Å². The number of nitrogens with zero attached hydrogens (tertiary/aromatic N) is 1. The number of hydrogen-bond donors (Lipinski definition) is 0. The Hall–Kier alpha value is -1.17. The van der Waals surface area contributed by atoms with E-state index in [0.717, 1.165) is 30.2 Å². The van der Waals surface area contributed by atoms with Crippen molar-refractivity contribution in [2.45, 2.75) is 52.6 Å². The summed E-state index contributed by atoms with van der Waals surface area (Å²) in [5, 5.41) is 0.743. The van der Waals surface area contributed by atoms with Crippen LogP contribution in [0, 0.1) is 12.0 Å². The molecule has 0 radical (unpaired) electrons. The van der Waals surface area contributed by atoms with Gasteiger partial charge in [0, 0.05) is 5.02 Å². The lowest BCUT2D eigenvalue weighted by molar-refractivity contribution is 0.262. The summed E-state index contributed by atoms with van der Waals surface area (Å²) >= 11 is 5.84. The second kappa shape index (κ2) is 12.4. The molecular weight excluding hydrogens is 294 g/mol. The van der Waals surface area contributed by atoms with Crippen molar-refractivity contribution in [3.05, 3.63) is 34.9 Å². The number of unbranched alkanes of at least 4 members (excludes halogenated alkanes) is 4. The van der Waals surface area contributed by atoms with Crippen LogP contribution in [0.1, 0.15) is 51.5 Å². The molecule has 1 rings (SSSR count). The first kappa shape index (κ1) is 18.9. The molecule has 0 bridgehead atoms. The summed E-state index contributed by atoms with van der Waals surface area (Å²) in [6, 6.07) is 7.65. The molecule has 0 aliphatic rings. The average molecular weight is 322 g/mol. The largest absolute Gasteiger partial charge is 0.442 e. The standard InChI is InChI=1S/C19H28ClNO/c1-3-5-6-7-8-14-21(4-2)15-9-16-22-17-18-10-12-19(20)13-11-18/h10-13H,3-8,14-15,17H2,1-2H3. The summed E-state index contributed by atoms with van der Waals surface area (Å²) < 4.78 is 5.38. The van der Waals surface area contributed by atoms with E-state index < -0.39 is 0 Å². The predicted molar refractivity (Wildman–Crippen MR) is 94.9 cm³/mol. The molecular formula is C19H28ClNO. The molecule has 0 saturated carbocycles. The van der Waals surface area contributed by atoms with Gasteiger partial charge in [-0.15, -0.1) is 0 Å². The van der Waals surface area contributed by atoms with Gasteiger partial charge in [0.15, 0.2) is 0 Å². The molecule has 1 aromatic carbocycles. The summed E-state index contributed by atoms with van der Waals surface area (Å²) in [4.78, 5) is 2.37. The minimum absolute atomic E-state index is 0.507. The molecule has 0 spiro atoms. The third-order valence-corrected chi connectivity index (χ3v) is 3.88. The maximum atomic E-state index is 5.84. The van der Waals surface area contributed by atoms with Crippen molar-refractivity contribution < 1.29 is 4.74 Å². The van der Waals surface area contributed by atoms with Crippen molar-refractivity contribution in [1.82, 2.24) is 4.90 Å². The molecule has 0 atom stereocenters. The molecule has 0 fully saturated rings. The summed E-state index contributed by atoms with van der Waals surface area (Å²) in [5.41, 5.74) is 1.09. The third-order valence-electron chi connectivity index (χ3n) is 3.62. The third kappa shape index (κ3) is 8.97. The molecule has 0 aliphatic carbocycles. The van der Waals surface area contributed by atoms with Crippen LogP contribution in [0.15, 0.2) is 24.3 Å². The highest BCUT2D eigenvalue weighted by atomic mass is 35.5. The molecule has 0 unspecified atom stereocenters. The van der Waals surface area contributed by atoms with Crippen molar-refractivity contribution >= 4 is 11.6 Å². The minimum Gasteiger partial charge on any atom is -0.442 e. The Kier molecular flexibility index (Phi) is 10.6. The van der Waals surface area contributed by atoms with Crippen molar-refractivity contribution in [2.75, 3.05) is 19.6 Å². The van der Waals surface area contributed by atoms with Crippen LogP contribution in [-0.4, -0.2) is 24.5 Å². The van der Waals surface area contributed by atoms with E-state index in [0.29, 0.717) is 6.61 Å². The molecule has 0 amide bonds. The van der Waals surface area contributed by atoms with Gasteiger partial charge in [-0.3, -0.25) is 4.90 Å². The van der Waals surface area contributed by atoms with Crippen molar-refractivity contribution in [3.63, 3.8) is 0 Å². The van der Waals surface area contributed by atoms with E-state index in [4.69, 9.17) is 16.3 Å². The second-order valence-electron chi connectivity index (χ2n) is 5.48. The van der Waals surface area contributed by atoms with E-state index in [1.54, 1.807) is 0 Å². The molecule has 0 N–H and O–H groups in total. The maximum absolute atomic E-state index is 5.84. The Bertz CT molecular complexity index is 447. The molecule has 0 heterocycles. The monoisotopic (exact) mass is 321 g/mol. The molecule has 2 nitrogen and oxygen atoms in total. The van der Waals surface area contributed by atoms with E-state index >= 15 is 0 Å². The van der Waals surface area contributed by atoms with Crippen LogP contribution in [0.3, 0.4) is 0 Å². The fourth-order valence-corrected chi connectivity index (χ4v) is 2.31. The van der Waals surface area contributed by atoms with Crippen LogP contribution in [0.4, 0.5) is 0 Å². The van der Waals surface area contributed by atoms with E-state index in [1.807, 2.05) is 24.3 Å². The second-order valence-corrected chi connectivity index (χ2v) is 5.91. The zero-order valence-electron chi connectivity index (χ0n) is 13.9. The molecule has 3 heteroatoms. The summed E-state index contributed by atoms with van der Waals surface area (Å²) in [6.07, 6.45) is 9.39. The number of ether oxygens (including phenoxy) is 1. The highest BCUT2D eigenvalue weighted by Gasteiger charge is 1.99. The van der Waals surface area contributed by atoms with Crippen LogP contribution in [-0.2, 0) is 11.3 Å². The van der Waals surface area contributed by atoms with Gasteiger partial charge >= 0.3 is 0 Å². The first-order chi connectivity index (χ1) is 10.8. The average Bonchev–Trinajstić information content (AvgIpc) is 2.54. The van der Waals surface area contributed by atoms with Crippen LogP contribution in [0.5, 0.6) is 0 Å². The lowest BCUT2D eigenvalue weighted by atomic mass is 10.1. The molecule has 0 aliphatic heterocycles. The van der Waals surface area contributed by atoms with Crippen LogP contribution < -0.4 is 0 Å². The van der Waals surface area contributed by atoms with Crippen molar-refractivity contribution in [3.8, 4) is 12.0 Å². The van der Waals surface area contributed by atoms with E-state index in [2.05, 4.69) is 30.8 Å². The zero-order valence-corrected chi connectivity index (χ0v) is 14.7. The first-order valence-corrected chi connectivity index (χ1v) is 8.70. The normalized spacial score (nSPS) is 10.4. The van der Waals surface area contributed by atoms with Gasteiger partial charge in [0.25, 0.3) is 0 Å². The summed E-state index contributed by atoms with van der Waals surface area (Å²) in [5.74, 6) is 3.10. The molecule has 22 heavy (non-hydrogen) atoms.